The number of rotatable bonds is 14. The van der Waals surface area contributed by atoms with Crippen LogP contribution in [0.4, 0.5) is 0 Å². The second-order valence-corrected chi connectivity index (χ2v) is 7.14. The van der Waals surface area contributed by atoms with Crippen molar-refractivity contribution in [2.75, 3.05) is 40.3 Å². The first-order chi connectivity index (χ1) is 11.4. The minimum Gasteiger partial charge on any atom is -0.382 e. The van der Waals surface area contributed by atoms with E-state index < -0.39 is 0 Å². The van der Waals surface area contributed by atoms with Crippen LogP contribution in [0.3, 0.4) is 0 Å². The predicted octanol–water partition coefficient (Wildman–Crippen LogP) is 4.03. The third kappa shape index (κ3) is 6.33. The molecular formula is C19H36O4. The van der Waals surface area contributed by atoms with Gasteiger partial charge in [-0.15, -0.1) is 0 Å². The van der Waals surface area contributed by atoms with Crippen LogP contribution >= 0.6 is 0 Å². The third-order valence-electron chi connectivity index (χ3n) is 5.47. The molecule has 0 spiro atoms. The fourth-order valence-electron chi connectivity index (χ4n) is 4.22. The summed E-state index contributed by atoms with van der Waals surface area (Å²) >= 11 is 0. The zero-order valence-electron chi connectivity index (χ0n) is 15.1. The van der Waals surface area contributed by atoms with Gasteiger partial charge in [-0.2, -0.15) is 0 Å². The fourth-order valence-corrected chi connectivity index (χ4v) is 4.22. The maximum Gasteiger partial charge on any atom is 0.146 e. The lowest BCUT2D eigenvalue weighted by molar-refractivity contribution is -0.103. The van der Waals surface area contributed by atoms with E-state index in [1.54, 1.807) is 7.11 Å². The molecule has 0 aromatic rings. The number of methoxy groups -OCH3 is 1. The number of ether oxygens (including phenoxy) is 4. The SMILES string of the molecule is CCCCCCCO[C@@H]1[C@H]2CC[C@H](C2)[C@H]1COCOCCOC. The molecule has 0 aliphatic heterocycles. The van der Waals surface area contributed by atoms with Crippen LogP contribution in [0.25, 0.3) is 0 Å². The van der Waals surface area contributed by atoms with Crippen LogP contribution in [0.1, 0.15) is 58.3 Å². The Kier molecular flexibility index (Phi) is 9.50. The van der Waals surface area contributed by atoms with Crippen LogP contribution in [0, 0.1) is 17.8 Å². The summed E-state index contributed by atoms with van der Waals surface area (Å²) in [6.07, 6.45) is 11.0. The van der Waals surface area contributed by atoms with E-state index in [-0.39, 0.29) is 0 Å². The average molecular weight is 328 g/mol. The second kappa shape index (κ2) is 11.4. The van der Waals surface area contributed by atoms with E-state index in [4.69, 9.17) is 18.9 Å². The monoisotopic (exact) mass is 328 g/mol. The van der Waals surface area contributed by atoms with Crippen LogP contribution in [0.2, 0.25) is 0 Å². The van der Waals surface area contributed by atoms with E-state index in [9.17, 15) is 0 Å². The van der Waals surface area contributed by atoms with Crippen molar-refractivity contribution in [2.45, 2.75) is 64.4 Å². The van der Waals surface area contributed by atoms with Gasteiger partial charge in [0.25, 0.3) is 0 Å². The Balaban J connectivity index is 1.60. The molecule has 0 N–H and O–H groups in total. The van der Waals surface area contributed by atoms with Crippen molar-refractivity contribution in [3.8, 4) is 0 Å². The molecule has 4 heteroatoms. The summed E-state index contributed by atoms with van der Waals surface area (Å²) in [6, 6.07) is 0. The number of fused-ring (bicyclic) bond motifs is 2. The molecule has 23 heavy (non-hydrogen) atoms. The van der Waals surface area contributed by atoms with E-state index >= 15 is 0 Å². The smallest absolute Gasteiger partial charge is 0.146 e. The largest absolute Gasteiger partial charge is 0.382 e. The molecule has 2 bridgehead atoms. The van der Waals surface area contributed by atoms with Gasteiger partial charge in [-0.3, -0.25) is 0 Å². The van der Waals surface area contributed by atoms with E-state index in [2.05, 4.69) is 6.92 Å². The molecule has 2 aliphatic carbocycles. The second-order valence-electron chi connectivity index (χ2n) is 7.14. The van der Waals surface area contributed by atoms with Crippen LogP contribution < -0.4 is 0 Å². The first-order valence-electron chi connectivity index (χ1n) is 9.62. The van der Waals surface area contributed by atoms with Crippen LogP contribution in [-0.2, 0) is 18.9 Å². The molecule has 0 radical (unpaired) electrons. The van der Waals surface area contributed by atoms with E-state index in [1.807, 2.05) is 0 Å². The maximum atomic E-state index is 6.28. The summed E-state index contributed by atoms with van der Waals surface area (Å²) < 4.78 is 22.4. The Morgan fingerprint density at radius 3 is 2.52 bits per heavy atom. The molecule has 0 heterocycles. The van der Waals surface area contributed by atoms with Gasteiger partial charge in [-0.25, -0.2) is 0 Å². The highest BCUT2D eigenvalue weighted by atomic mass is 16.7. The zero-order chi connectivity index (χ0) is 16.3. The lowest BCUT2D eigenvalue weighted by atomic mass is 9.87. The van der Waals surface area contributed by atoms with E-state index in [0.29, 0.717) is 32.0 Å². The van der Waals surface area contributed by atoms with Crippen LogP contribution in [0.15, 0.2) is 0 Å². The molecule has 2 rings (SSSR count). The first-order valence-corrected chi connectivity index (χ1v) is 9.62. The van der Waals surface area contributed by atoms with Crippen molar-refractivity contribution in [2.24, 2.45) is 17.8 Å². The first kappa shape index (κ1) is 19.2. The summed E-state index contributed by atoms with van der Waals surface area (Å²) in [7, 11) is 1.68. The van der Waals surface area contributed by atoms with Crippen LogP contribution in [-0.4, -0.2) is 46.4 Å². The highest BCUT2D eigenvalue weighted by molar-refractivity contribution is 4.97. The maximum absolute atomic E-state index is 6.28. The van der Waals surface area contributed by atoms with Crippen molar-refractivity contribution in [1.29, 1.82) is 0 Å². The molecule has 4 nitrogen and oxygen atoms in total. The van der Waals surface area contributed by atoms with Gasteiger partial charge in [0.05, 0.1) is 25.9 Å². The summed E-state index contributed by atoms with van der Waals surface area (Å²) in [5, 5.41) is 0. The normalized spacial score (nSPS) is 29.5. The standard InChI is InChI=1S/C19H36O4/c1-3-4-5-6-7-10-23-19-17-9-8-16(13-17)18(19)14-22-15-21-12-11-20-2/h16-19H,3-15H2,1-2H3/t16-,17+,18-,19-/m1/s1. The molecule has 2 fully saturated rings. The van der Waals surface area contributed by atoms with Gasteiger partial charge in [-0.1, -0.05) is 32.6 Å². The van der Waals surface area contributed by atoms with Gasteiger partial charge in [0.15, 0.2) is 0 Å². The lowest BCUT2D eigenvalue weighted by Crippen LogP contribution is -2.34. The Bertz CT molecular complexity index is 269. The predicted molar refractivity (Wildman–Crippen MR) is 91.5 cm³/mol. The topological polar surface area (TPSA) is 36.9 Å². The number of hydrogen-bond donors (Lipinski definition) is 0. The van der Waals surface area contributed by atoms with Gasteiger partial charge in [0.1, 0.15) is 6.79 Å². The minimum absolute atomic E-state index is 0.376. The number of hydrogen-bond acceptors (Lipinski definition) is 4. The van der Waals surface area contributed by atoms with Crippen molar-refractivity contribution in [3.63, 3.8) is 0 Å². The summed E-state index contributed by atoms with van der Waals surface area (Å²) in [5.74, 6) is 2.16. The van der Waals surface area contributed by atoms with Crippen LogP contribution in [0.5, 0.6) is 0 Å². The summed E-state index contributed by atoms with van der Waals surface area (Å²) in [6.45, 7) is 5.58. The Morgan fingerprint density at radius 2 is 1.70 bits per heavy atom. The quantitative estimate of drug-likeness (QED) is 0.356. The molecule has 0 amide bonds. The Hall–Kier alpha value is -0.160. The molecule has 0 aromatic carbocycles. The molecular weight excluding hydrogens is 292 g/mol. The van der Waals surface area contributed by atoms with E-state index in [1.165, 1.54) is 51.4 Å². The van der Waals surface area contributed by atoms with Crippen molar-refractivity contribution in [1.82, 2.24) is 0 Å². The average Bonchev–Trinajstić information content (AvgIpc) is 3.16. The van der Waals surface area contributed by atoms with Gasteiger partial charge in [0, 0.05) is 19.6 Å². The minimum atomic E-state index is 0.376. The third-order valence-corrected chi connectivity index (χ3v) is 5.47. The molecule has 0 unspecified atom stereocenters. The highest BCUT2D eigenvalue weighted by Crippen LogP contribution is 2.50. The van der Waals surface area contributed by atoms with Crippen molar-refractivity contribution in [3.05, 3.63) is 0 Å². The molecule has 2 aliphatic rings. The Labute approximate surface area is 142 Å². The number of unbranched alkanes of at least 4 members (excludes halogenated alkanes) is 4. The molecule has 2 saturated carbocycles. The van der Waals surface area contributed by atoms with E-state index in [0.717, 1.165) is 25.0 Å². The molecule has 0 saturated heterocycles. The van der Waals surface area contributed by atoms with Gasteiger partial charge >= 0.3 is 0 Å². The van der Waals surface area contributed by atoms with Gasteiger partial charge in [-0.05, 0) is 37.5 Å². The lowest BCUT2D eigenvalue weighted by Gasteiger charge is -2.31. The van der Waals surface area contributed by atoms with Gasteiger partial charge < -0.3 is 18.9 Å². The highest BCUT2D eigenvalue weighted by Gasteiger charge is 2.48. The fraction of sp³-hybridized carbons (Fsp3) is 1.00. The zero-order valence-corrected chi connectivity index (χ0v) is 15.1. The van der Waals surface area contributed by atoms with Crippen molar-refractivity contribution >= 4 is 0 Å². The van der Waals surface area contributed by atoms with Crippen molar-refractivity contribution < 1.29 is 18.9 Å². The van der Waals surface area contributed by atoms with Gasteiger partial charge in [0.2, 0.25) is 0 Å². The Morgan fingerprint density at radius 1 is 0.870 bits per heavy atom. The summed E-state index contributed by atoms with van der Waals surface area (Å²) in [5.41, 5.74) is 0. The summed E-state index contributed by atoms with van der Waals surface area (Å²) in [4.78, 5) is 0. The molecule has 136 valence electrons. The molecule has 0 aromatic heterocycles. The molecule has 4 atom stereocenters.